The van der Waals surface area contributed by atoms with Crippen molar-refractivity contribution in [2.45, 2.75) is 0 Å². The summed E-state index contributed by atoms with van der Waals surface area (Å²) >= 11 is 7.36. The maximum Gasteiger partial charge on any atom is 0.137 e. The number of nitrogen functional groups attached to an aromatic ring is 1. The Kier molecular flexibility index (Phi) is 2.20. The monoisotopic (exact) mass is 210 g/mol. The van der Waals surface area contributed by atoms with Gasteiger partial charge in [0.05, 0.1) is 4.88 Å². The molecule has 0 saturated carbocycles. The summed E-state index contributed by atoms with van der Waals surface area (Å²) in [5, 5.41) is 0.728. The Morgan fingerprint density at radius 1 is 1.31 bits per heavy atom. The lowest BCUT2D eigenvalue weighted by atomic mass is 10.2. The molecule has 2 nitrogen and oxygen atoms in total. The van der Waals surface area contributed by atoms with Gasteiger partial charge in [-0.2, -0.15) is 4.37 Å². The molecule has 0 atom stereocenters. The van der Waals surface area contributed by atoms with Gasteiger partial charge in [0, 0.05) is 16.7 Å². The molecule has 2 rings (SSSR count). The lowest BCUT2D eigenvalue weighted by Crippen LogP contribution is -1.80. The lowest BCUT2D eigenvalue weighted by Gasteiger charge is -1.97. The number of anilines is 1. The van der Waals surface area contributed by atoms with Crippen molar-refractivity contribution in [3.63, 3.8) is 0 Å². The van der Waals surface area contributed by atoms with Crippen molar-refractivity contribution in [3.05, 3.63) is 35.4 Å². The Bertz CT molecular complexity index is 425. The van der Waals surface area contributed by atoms with Gasteiger partial charge < -0.3 is 5.73 Å². The zero-order valence-electron chi connectivity index (χ0n) is 6.70. The van der Waals surface area contributed by atoms with Crippen LogP contribution in [-0.4, -0.2) is 4.37 Å². The van der Waals surface area contributed by atoms with Crippen LogP contribution < -0.4 is 5.73 Å². The van der Waals surface area contributed by atoms with E-state index in [-0.39, 0.29) is 0 Å². The van der Waals surface area contributed by atoms with Crippen molar-refractivity contribution in [1.29, 1.82) is 0 Å². The summed E-state index contributed by atoms with van der Waals surface area (Å²) in [5.74, 6) is 0.542. The average Bonchev–Trinajstić information content (AvgIpc) is 2.53. The molecule has 66 valence electrons. The Balaban J connectivity index is 2.52. The quantitative estimate of drug-likeness (QED) is 0.786. The summed E-state index contributed by atoms with van der Waals surface area (Å²) in [6.07, 6.45) is 0. The van der Waals surface area contributed by atoms with Gasteiger partial charge in [0.1, 0.15) is 5.82 Å². The van der Waals surface area contributed by atoms with Crippen LogP contribution in [0, 0.1) is 0 Å². The fourth-order valence-corrected chi connectivity index (χ4v) is 2.08. The van der Waals surface area contributed by atoms with Gasteiger partial charge in [0.25, 0.3) is 0 Å². The van der Waals surface area contributed by atoms with E-state index in [1.165, 1.54) is 11.5 Å². The summed E-state index contributed by atoms with van der Waals surface area (Å²) in [6, 6.07) is 9.47. The highest BCUT2D eigenvalue weighted by Gasteiger charge is 2.05. The van der Waals surface area contributed by atoms with Crippen LogP contribution in [0.15, 0.2) is 30.3 Å². The molecule has 0 aliphatic heterocycles. The summed E-state index contributed by atoms with van der Waals surface area (Å²) in [4.78, 5) is 1.00. The number of rotatable bonds is 1. The number of benzene rings is 1. The number of hydrogen-bond donors (Lipinski definition) is 1. The van der Waals surface area contributed by atoms with Crippen molar-refractivity contribution < 1.29 is 0 Å². The average molecular weight is 211 g/mol. The van der Waals surface area contributed by atoms with E-state index in [1.807, 2.05) is 30.3 Å². The molecule has 0 bridgehead atoms. The third kappa shape index (κ3) is 1.66. The van der Waals surface area contributed by atoms with Crippen molar-refractivity contribution in [2.75, 3.05) is 5.73 Å². The van der Waals surface area contributed by atoms with E-state index in [1.54, 1.807) is 0 Å². The first-order chi connectivity index (χ1) is 6.27. The highest BCUT2D eigenvalue weighted by atomic mass is 35.5. The van der Waals surface area contributed by atoms with Crippen LogP contribution in [-0.2, 0) is 0 Å². The lowest BCUT2D eigenvalue weighted by molar-refractivity contribution is 1.56. The largest absolute Gasteiger partial charge is 0.383 e. The molecule has 2 N–H and O–H groups in total. The zero-order chi connectivity index (χ0) is 9.26. The van der Waals surface area contributed by atoms with E-state index >= 15 is 0 Å². The molecule has 0 radical (unpaired) electrons. The Labute approximate surface area is 85.1 Å². The Morgan fingerprint density at radius 3 is 2.69 bits per heavy atom. The third-order valence-electron chi connectivity index (χ3n) is 1.67. The number of nitrogens with two attached hydrogens (primary N) is 1. The molecule has 13 heavy (non-hydrogen) atoms. The smallest absolute Gasteiger partial charge is 0.137 e. The predicted molar refractivity (Wildman–Crippen MR) is 57.0 cm³/mol. The van der Waals surface area contributed by atoms with E-state index in [4.69, 9.17) is 17.3 Å². The second-order valence-corrected chi connectivity index (χ2v) is 3.81. The summed E-state index contributed by atoms with van der Waals surface area (Å²) < 4.78 is 3.99. The number of aromatic nitrogens is 1. The molecule has 1 aromatic heterocycles. The number of halogens is 1. The fraction of sp³-hybridized carbons (Fsp3) is 0. The molecular formula is C9H7ClN2S. The second kappa shape index (κ2) is 3.36. The highest BCUT2D eigenvalue weighted by Crippen LogP contribution is 2.31. The predicted octanol–water partition coefficient (Wildman–Crippen LogP) is 3.05. The van der Waals surface area contributed by atoms with Crippen molar-refractivity contribution >= 4 is 29.0 Å². The molecule has 1 aromatic carbocycles. The minimum Gasteiger partial charge on any atom is -0.383 e. The molecule has 2 aromatic rings. The minimum atomic E-state index is 0.542. The van der Waals surface area contributed by atoms with Gasteiger partial charge in [0.2, 0.25) is 0 Å². The van der Waals surface area contributed by atoms with Gasteiger partial charge in [-0.05, 0) is 17.6 Å². The van der Waals surface area contributed by atoms with Crippen LogP contribution in [0.2, 0.25) is 5.02 Å². The van der Waals surface area contributed by atoms with Crippen molar-refractivity contribution in [3.8, 4) is 10.4 Å². The van der Waals surface area contributed by atoms with Crippen LogP contribution in [0.4, 0.5) is 5.82 Å². The van der Waals surface area contributed by atoms with E-state index in [0.717, 1.165) is 15.5 Å². The SMILES string of the molecule is Nc1cc(-c2ccccc2Cl)sn1. The Morgan fingerprint density at radius 2 is 2.08 bits per heavy atom. The summed E-state index contributed by atoms with van der Waals surface area (Å²) in [7, 11) is 0. The van der Waals surface area contributed by atoms with Gasteiger partial charge in [-0.15, -0.1) is 0 Å². The van der Waals surface area contributed by atoms with Crippen molar-refractivity contribution in [1.82, 2.24) is 4.37 Å². The third-order valence-corrected chi connectivity index (χ3v) is 2.83. The van der Waals surface area contributed by atoms with E-state index < -0.39 is 0 Å². The normalized spacial score (nSPS) is 10.2. The second-order valence-electron chi connectivity index (χ2n) is 2.60. The topological polar surface area (TPSA) is 38.9 Å². The van der Waals surface area contributed by atoms with Crippen LogP contribution in [0.3, 0.4) is 0 Å². The Hall–Kier alpha value is -1.06. The van der Waals surface area contributed by atoms with Gasteiger partial charge in [0.15, 0.2) is 0 Å². The first kappa shape index (κ1) is 8.53. The van der Waals surface area contributed by atoms with E-state index in [2.05, 4.69) is 4.37 Å². The maximum atomic E-state index is 6.01. The van der Waals surface area contributed by atoms with Gasteiger partial charge >= 0.3 is 0 Å². The molecule has 1 heterocycles. The number of nitrogens with zero attached hydrogens (tertiary/aromatic N) is 1. The summed E-state index contributed by atoms with van der Waals surface area (Å²) in [5.41, 5.74) is 6.51. The van der Waals surface area contributed by atoms with Crippen LogP contribution >= 0.6 is 23.1 Å². The van der Waals surface area contributed by atoms with Gasteiger partial charge in [-0.3, -0.25) is 0 Å². The zero-order valence-corrected chi connectivity index (χ0v) is 8.27. The molecule has 0 aliphatic rings. The molecule has 0 aliphatic carbocycles. The van der Waals surface area contributed by atoms with Crippen molar-refractivity contribution in [2.24, 2.45) is 0 Å². The molecular weight excluding hydrogens is 204 g/mol. The molecule has 0 unspecified atom stereocenters. The van der Waals surface area contributed by atoms with E-state index in [9.17, 15) is 0 Å². The highest BCUT2D eigenvalue weighted by molar-refractivity contribution is 7.10. The molecule has 0 spiro atoms. The fourth-order valence-electron chi connectivity index (χ4n) is 1.08. The first-order valence-corrected chi connectivity index (χ1v) is 4.89. The van der Waals surface area contributed by atoms with Crippen LogP contribution in [0.5, 0.6) is 0 Å². The van der Waals surface area contributed by atoms with E-state index in [0.29, 0.717) is 5.82 Å². The summed E-state index contributed by atoms with van der Waals surface area (Å²) in [6.45, 7) is 0. The van der Waals surface area contributed by atoms with Crippen LogP contribution in [0.25, 0.3) is 10.4 Å². The maximum absolute atomic E-state index is 6.01. The molecule has 0 fully saturated rings. The van der Waals surface area contributed by atoms with Gasteiger partial charge in [-0.1, -0.05) is 29.8 Å². The van der Waals surface area contributed by atoms with Crippen LogP contribution in [0.1, 0.15) is 0 Å². The minimum absolute atomic E-state index is 0.542. The first-order valence-electron chi connectivity index (χ1n) is 3.74. The molecule has 0 saturated heterocycles. The standard InChI is InChI=1S/C9H7ClN2S/c10-7-4-2-1-3-6(7)8-5-9(11)12-13-8/h1-5H,(H2,11,12). The van der Waals surface area contributed by atoms with Gasteiger partial charge in [-0.25, -0.2) is 0 Å². The molecule has 0 amide bonds. The molecule has 4 heteroatoms. The number of hydrogen-bond acceptors (Lipinski definition) is 3.